The van der Waals surface area contributed by atoms with Crippen molar-refractivity contribution in [1.82, 2.24) is 4.31 Å². The molecule has 0 saturated heterocycles. The molecule has 0 saturated carbocycles. The van der Waals surface area contributed by atoms with Crippen molar-refractivity contribution in [3.63, 3.8) is 0 Å². The molecule has 0 N–H and O–H groups in total. The summed E-state index contributed by atoms with van der Waals surface area (Å²) in [7, 11) is -2.07. The Hall–Kier alpha value is -0.720. The van der Waals surface area contributed by atoms with Crippen LogP contribution in [0.2, 0.25) is 0 Å². The Balaban J connectivity index is 2.70. The fourth-order valence-electron chi connectivity index (χ4n) is 1.52. The van der Waals surface area contributed by atoms with Crippen molar-refractivity contribution in [2.45, 2.75) is 19.4 Å². The SMILES string of the molecule is CN(Cc1ccc(F)cc1F)S(=O)(=O)CCCCCl. The van der Waals surface area contributed by atoms with Crippen molar-refractivity contribution >= 4 is 21.6 Å². The van der Waals surface area contributed by atoms with Gasteiger partial charge in [-0.05, 0) is 18.9 Å². The van der Waals surface area contributed by atoms with E-state index >= 15 is 0 Å². The van der Waals surface area contributed by atoms with Gasteiger partial charge in [0.1, 0.15) is 11.6 Å². The molecule has 0 aliphatic heterocycles. The van der Waals surface area contributed by atoms with E-state index in [1.807, 2.05) is 0 Å². The molecule has 0 aliphatic carbocycles. The van der Waals surface area contributed by atoms with Crippen LogP contribution in [0.3, 0.4) is 0 Å². The highest BCUT2D eigenvalue weighted by Crippen LogP contribution is 2.14. The maximum absolute atomic E-state index is 13.4. The predicted octanol–water partition coefficient (Wildman–Crippen LogP) is 2.75. The number of sulfonamides is 1. The average Bonchev–Trinajstić information content (AvgIpc) is 2.32. The normalized spacial score (nSPS) is 12.1. The Morgan fingerprint density at radius 2 is 1.95 bits per heavy atom. The van der Waals surface area contributed by atoms with Gasteiger partial charge in [0.25, 0.3) is 0 Å². The van der Waals surface area contributed by atoms with Gasteiger partial charge < -0.3 is 0 Å². The fourth-order valence-corrected chi connectivity index (χ4v) is 2.93. The summed E-state index contributed by atoms with van der Waals surface area (Å²) in [6, 6.07) is 3.09. The van der Waals surface area contributed by atoms with E-state index in [0.717, 1.165) is 16.4 Å². The van der Waals surface area contributed by atoms with Crippen LogP contribution in [0.5, 0.6) is 0 Å². The molecular weight excluding hydrogens is 296 g/mol. The first-order valence-corrected chi connectivity index (χ1v) is 7.95. The molecule has 0 bridgehead atoms. The topological polar surface area (TPSA) is 37.4 Å². The molecule has 19 heavy (non-hydrogen) atoms. The molecule has 0 radical (unpaired) electrons. The Morgan fingerprint density at radius 3 is 2.53 bits per heavy atom. The van der Waals surface area contributed by atoms with Crippen molar-refractivity contribution in [3.05, 3.63) is 35.4 Å². The van der Waals surface area contributed by atoms with E-state index in [2.05, 4.69) is 0 Å². The summed E-state index contributed by atoms with van der Waals surface area (Å²) in [4.78, 5) is 0. The summed E-state index contributed by atoms with van der Waals surface area (Å²) in [6.07, 6.45) is 1.07. The first-order valence-electron chi connectivity index (χ1n) is 5.80. The first-order chi connectivity index (χ1) is 8.86. The van der Waals surface area contributed by atoms with Crippen LogP contribution in [0.25, 0.3) is 0 Å². The third kappa shape index (κ3) is 5.04. The quantitative estimate of drug-likeness (QED) is 0.573. The van der Waals surface area contributed by atoms with Crippen molar-refractivity contribution < 1.29 is 17.2 Å². The van der Waals surface area contributed by atoms with E-state index in [1.54, 1.807) is 0 Å². The number of halogens is 3. The third-order valence-electron chi connectivity index (χ3n) is 2.67. The van der Waals surface area contributed by atoms with Gasteiger partial charge in [-0.1, -0.05) is 6.07 Å². The summed E-state index contributed by atoms with van der Waals surface area (Å²) in [5.41, 5.74) is 0.143. The number of hydrogen-bond donors (Lipinski definition) is 0. The maximum Gasteiger partial charge on any atom is 0.214 e. The standard InChI is InChI=1S/C12H16ClF2NO2S/c1-16(19(17,18)7-3-2-6-13)9-10-4-5-11(14)8-12(10)15/h4-5,8H,2-3,6-7,9H2,1H3. The van der Waals surface area contributed by atoms with E-state index in [1.165, 1.54) is 13.1 Å². The highest BCUT2D eigenvalue weighted by molar-refractivity contribution is 7.89. The minimum Gasteiger partial charge on any atom is -0.212 e. The Morgan fingerprint density at radius 1 is 1.26 bits per heavy atom. The lowest BCUT2D eigenvalue weighted by molar-refractivity contribution is 0.453. The van der Waals surface area contributed by atoms with Crippen LogP contribution in [0.4, 0.5) is 8.78 Å². The Labute approximate surface area is 117 Å². The second-order valence-corrected chi connectivity index (χ2v) is 6.78. The van der Waals surface area contributed by atoms with Gasteiger partial charge in [-0.15, -0.1) is 11.6 Å². The summed E-state index contributed by atoms with van der Waals surface area (Å²) in [5.74, 6) is -1.05. The molecule has 0 spiro atoms. The molecule has 0 unspecified atom stereocenters. The zero-order valence-electron chi connectivity index (χ0n) is 10.6. The Kier molecular flexibility index (Phi) is 6.16. The molecule has 0 heterocycles. The van der Waals surface area contributed by atoms with E-state index in [-0.39, 0.29) is 17.9 Å². The highest BCUT2D eigenvalue weighted by Gasteiger charge is 2.19. The summed E-state index contributed by atoms with van der Waals surface area (Å²) in [6.45, 7) is -0.116. The van der Waals surface area contributed by atoms with Crippen LogP contribution in [0, 0.1) is 11.6 Å². The van der Waals surface area contributed by atoms with Gasteiger partial charge in [0.05, 0.1) is 5.75 Å². The van der Waals surface area contributed by atoms with E-state index in [9.17, 15) is 17.2 Å². The van der Waals surface area contributed by atoms with Crippen molar-refractivity contribution in [2.75, 3.05) is 18.7 Å². The molecule has 3 nitrogen and oxygen atoms in total. The smallest absolute Gasteiger partial charge is 0.212 e. The van der Waals surface area contributed by atoms with Gasteiger partial charge in [0.2, 0.25) is 10.0 Å². The molecule has 0 aliphatic rings. The van der Waals surface area contributed by atoms with Gasteiger partial charge in [0.15, 0.2) is 0 Å². The van der Waals surface area contributed by atoms with Gasteiger partial charge in [-0.2, -0.15) is 0 Å². The predicted molar refractivity (Wildman–Crippen MR) is 71.6 cm³/mol. The molecule has 108 valence electrons. The lowest BCUT2D eigenvalue weighted by Crippen LogP contribution is -2.29. The van der Waals surface area contributed by atoms with Crippen LogP contribution in [-0.4, -0.2) is 31.4 Å². The number of hydrogen-bond acceptors (Lipinski definition) is 2. The molecule has 1 aromatic rings. The maximum atomic E-state index is 13.4. The van der Waals surface area contributed by atoms with E-state index < -0.39 is 21.7 Å². The van der Waals surface area contributed by atoms with Gasteiger partial charge >= 0.3 is 0 Å². The zero-order valence-corrected chi connectivity index (χ0v) is 12.1. The molecule has 1 aromatic carbocycles. The molecule has 0 atom stereocenters. The molecule has 0 aromatic heterocycles. The van der Waals surface area contributed by atoms with Gasteiger partial charge in [-0.3, -0.25) is 0 Å². The minimum atomic E-state index is -3.44. The summed E-state index contributed by atoms with van der Waals surface area (Å²) < 4.78 is 51.0. The van der Waals surface area contributed by atoms with Crippen molar-refractivity contribution in [2.24, 2.45) is 0 Å². The second-order valence-electron chi connectivity index (χ2n) is 4.20. The first kappa shape index (κ1) is 16.3. The van der Waals surface area contributed by atoms with Crippen LogP contribution in [0.15, 0.2) is 18.2 Å². The van der Waals surface area contributed by atoms with Gasteiger partial charge in [0, 0.05) is 31.1 Å². The molecule has 7 heteroatoms. The number of nitrogens with zero attached hydrogens (tertiary/aromatic N) is 1. The monoisotopic (exact) mass is 311 g/mol. The average molecular weight is 312 g/mol. The minimum absolute atomic E-state index is 0.0287. The van der Waals surface area contributed by atoms with Crippen LogP contribution >= 0.6 is 11.6 Å². The largest absolute Gasteiger partial charge is 0.214 e. The number of unbranched alkanes of at least 4 members (excludes halogenated alkanes) is 1. The van der Waals surface area contributed by atoms with Crippen LogP contribution in [-0.2, 0) is 16.6 Å². The lowest BCUT2D eigenvalue weighted by atomic mass is 10.2. The molecule has 1 rings (SSSR count). The summed E-state index contributed by atoms with van der Waals surface area (Å²) in [5, 5.41) is 0. The zero-order chi connectivity index (χ0) is 14.5. The third-order valence-corrected chi connectivity index (χ3v) is 4.82. The second kappa shape index (κ2) is 7.17. The van der Waals surface area contributed by atoms with Crippen LogP contribution in [0.1, 0.15) is 18.4 Å². The lowest BCUT2D eigenvalue weighted by Gasteiger charge is -2.17. The Bertz CT molecular complexity index is 522. The highest BCUT2D eigenvalue weighted by atomic mass is 35.5. The molecule has 0 fully saturated rings. The number of alkyl halides is 1. The number of rotatable bonds is 7. The van der Waals surface area contributed by atoms with Crippen molar-refractivity contribution in [3.8, 4) is 0 Å². The molecular formula is C12H16ClF2NO2S. The summed E-state index contributed by atoms with van der Waals surface area (Å²) >= 11 is 5.48. The number of benzene rings is 1. The van der Waals surface area contributed by atoms with E-state index in [4.69, 9.17) is 11.6 Å². The van der Waals surface area contributed by atoms with E-state index in [0.29, 0.717) is 18.7 Å². The van der Waals surface area contributed by atoms with Crippen molar-refractivity contribution in [1.29, 1.82) is 0 Å². The molecule has 0 amide bonds. The van der Waals surface area contributed by atoms with Gasteiger partial charge in [-0.25, -0.2) is 21.5 Å². The fraction of sp³-hybridized carbons (Fsp3) is 0.500. The van der Waals surface area contributed by atoms with Crippen LogP contribution < -0.4 is 0 Å².